The number of rotatable bonds is 4. The fraction of sp³-hybridized carbons (Fsp3) is 0.176. The van der Waals surface area contributed by atoms with E-state index >= 15 is 0 Å². The molecule has 0 heterocycles. The lowest BCUT2D eigenvalue weighted by atomic mass is 10.1. The second kappa shape index (κ2) is 7.15. The summed E-state index contributed by atoms with van der Waals surface area (Å²) in [5.41, 5.74) is 1.99. The smallest absolute Gasteiger partial charge is 0.342 e. The molecule has 0 bridgehead atoms. The minimum absolute atomic E-state index is 0.0242. The molecule has 6 heteroatoms. The lowest BCUT2D eigenvalue weighted by Crippen LogP contribution is -2.21. The third kappa shape index (κ3) is 4.23. The molecule has 0 saturated carbocycles. The highest BCUT2D eigenvalue weighted by Crippen LogP contribution is 2.22. The molecule has 0 atom stereocenters. The fourth-order valence-electron chi connectivity index (χ4n) is 1.90. The Labute approximate surface area is 138 Å². The van der Waals surface area contributed by atoms with Crippen molar-refractivity contribution in [1.82, 2.24) is 0 Å². The Morgan fingerprint density at radius 3 is 2.61 bits per heavy atom. The predicted octanol–water partition coefficient (Wildman–Crippen LogP) is 3.46. The van der Waals surface area contributed by atoms with Crippen molar-refractivity contribution in [3.05, 3.63) is 58.1 Å². The van der Waals surface area contributed by atoms with Gasteiger partial charge in [0.2, 0.25) is 0 Å². The van der Waals surface area contributed by atoms with Gasteiger partial charge in [0, 0.05) is 10.7 Å². The molecule has 2 aromatic carbocycles. The highest BCUT2D eigenvalue weighted by molar-refractivity contribution is 6.31. The summed E-state index contributed by atoms with van der Waals surface area (Å²) in [5, 5.41) is 12.9. The van der Waals surface area contributed by atoms with E-state index in [1.165, 1.54) is 6.07 Å². The van der Waals surface area contributed by atoms with Crippen molar-refractivity contribution in [2.75, 3.05) is 11.9 Å². The first kappa shape index (κ1) is 16.8. The molecule has 0 saturated heterocycles. The number of phenolic OH excluding ortho intramolecular Hbond substituents is 1. The van der Waals surface area contributed by atoms with Crippen LogP contribution in [0.3, 0.4) is 0 Å². The minimum atomic E-state index is -0.761. The number of phenols is 1. The number of carbonyl (C=O) groups excluding carboxylic acids is 2. The number of nitrogens with one attached hydrogen (secondary N) is 1. The molecule has 0 aliphatic rings. The summed E-state index contributed by atoms with van der Waals surface area (Å²) in [6.07, 6.45) is 0. The van der Waals surface area contributed by atoms with Gasteiger partial charge in [0.1, 0.15) is 11.3 Å². The summed E-state index contributed by atoms with van der Waals surface area (Å²) < 4.78 is 4.91. The summed E-state index contributed by atoms with van der Waals surface area (Å²) >= 11 is 5.97. The molecule has 0 radical (unpaired) electrons. The van der Waals surface area contributed by atoms with E-state index in [1.807, 2.05) is 6.92 Å². The number of esters is 1. The summed E-state index contributed by atoms with van der Waals surface area (Å²) in [7, 11) is 0. The average molecular weight is 334 g/mol. The standard InChI is InChI=1S/C17H16ClNO4/c1-10-6-7-12(8-14(10)18)19-15(20)9-23-17(22)13-5-3-4-11(2)16(13)21/h3-8,21H,9H2,1-2H3,(H,19,20). The van der Waals surface area contributed by atoms with Gasteiger partial charge >= 0.3 is 5.97 Å². The number of benzene rings is 2. The van der Waals surface area contributed by atoms with Crippen LogP contribution in [0.1, 0.15) is 21.5 Å². The molecule has 2 N–H and O–H groups in total. The Kier molecular flexibility index (Phi) is 5.24. The van der Waals surface area contributed by atoms with Crippen molar-refractivity contribution in [3.63, 3.8) is 0 Å². The molecule has 0 unspecified atom stereocenters. The Hall–Kier alpha value is -2.53. The van der Waals surface area contributed by atoms with Crippen molar-refractivity contribution in [2.24, 2.45) is 0 Å². The van der Waals surface area contributed by atoms with Crippen molar-refractivity contribution in [3.8, 4) is 5.75 Å². The second-order valence-electron chi connectivity index (χ2n) is 5.06. The lowest BCUT2D eigenvalue weighted by molar-refractivity contribution is -0.119. The third-order valence-corrected chi connectivity index (χ3v) is 3.65. The van der Waals surface area contributed by atoms with Crippen LogP contribution in [0, 0.1) is 13.8 Å². The Morgan fingerprint density at radius 2 is 1.91 bits per heavy atom. The Balaban J connectivity index is 1.94. The number of carbonyl (C=O) groups is 2. The van der Waals surface area contributed by atoms with E-state index in [2.05, 4.69) is 5.32 Å². The topological polar surface area (TPSA) is 75.6 Å². The molecule has 5 nitrogen and oxygen atoms in total. The molecule has 0 aliphatic carbocycles. The maximum absolute atomic E-state index is 11.9. The first-order valence-corrected chi connectivity index (χ1v) is 7.28. The van der Waals surface area contributed by atoms with E-state index in [1.54, 1.807) is 37.3 Å². The number of aryl methyl sites for hydroxylation is 2. The van der Waals surface area contributed by atoms with Gasteiger partial charge < -0.3 is 15.2 Å². The van der Waals surface area contributed by atoms with Crippen LogP contribution >= 0.6 is 11.6 Å². The van der Waals surface area contributed by atoms with Gasteiger partial charge in [0.05, 0.1) is 0 Å². The maximum atomic E-state index is 11.9. The average Bonchev–Trinajstić information content (AvgIpc) is 2.51. The van der Waals surface area contributed by atoms with E-state index in [0.29, 0.717) is 16.3 Å². The zero-order chi connectivity index (χ0) is 17.0. The van der Waals surface area contributed by atoms with Gasteiger partial charge in [-0.2, -0.15) is 0 Å². The number of amides is 1. The largest absolute Gasteiger partial charge is 0.507 e. The highest BCUT2D eigenvalue weighted by Gasteiger charge is 2.15. The second-order valence-corrected chi connectivity index (χ2v) is 5.47. The van der Waals surface area contributed by atoms with Crippen LogP contribution in [-0.4, -0.2) is 23.6 Å². The van der Waals surface area contributed by atoms with Crippen LogP contribution in [0.25, 0.3) is 0 Å². The van der Waals surface area contributed by atoms with Gasteiger partial charge in [-0.3, -0.25) is 4.79 Å². The molecule has 2 aromatic rings. The third-order valence-electron chi connectivity index (χ3n) is 3.25. The number of ether oxygens (including phenoxy) is 1. The van der Waals surface area contributed by atoms with Gasteiger partial charge in [-0.05, 0) is 43.2 Å². The summed E-state index contributed by atoms with van der Waals surface area (Å²) in [6, 6.07) is 9.81. The fourth-order valence-corrected chi connectivity index (χ4v) is 2.08. The normalized spacial score (nSPS) is 10.2. The number of anilines is 1. The molecule has 120 valence electrons. The van der Waals surface area contributed by atoms with Crippen molar-refractivity contribution < 1.29 is 19.4 Å². The van der Waals surface area contributed by atoms with Crippen LogP contribution in [0.2, 0.25) is 5.02 Å². The predicted molar refractivity (Wildman–Crippen MR) is 87.9 cm³/mol. The zero-order valence-electron chi connectivity index (χ0n) is 12.7. The van der Waals surface area contributed by atoms with Crippen LogP contribution in [0.5, 0.6) is 5.75 Å². The van der Waals surface area contributed by atoms with Gasteiger partial charge in [0.25, 0.3) is 5.91 Å². The maximum Gasteiger partial charge on any atom is 0.342 e. The lowest BCUT2D eigenvalue weighted by Gasteiger charge is -2.09. The van der Waals surface area contributed by atoms with Crippen LogP contribution in [0.4, 0.5) is 5.69 Å². The van der Waals surface area contributed by atoms with E-state index < -0.39 is 18.5 Å². The molecular weight excluding hydrogens is 318 g/mol. The zero-order valence-corrected chi connectivity index (χ0v) is 13.5. The number of hydrogen-bond donors (Lipinski definition) is 2. The van der Waals surface area contributed by atoms with Gasteiger partial charge in [-0.1, -0.05) is 29.8 Å². The molecule has 0 fully saturated rings. The molecule has 0 aromatic heterocycles. The van der Waals surface area contributed by atoms with Gasteiger partial charge in [0.15, 0.2) is 6.61 Å². The van der Waals surface area contributed by atoms with Crippen LogP contribution in [0.15, 0.2) is 36.4 Å². The van der Waals surface area contributed by atoms with Gasteiger partial charge in [-0.25, -0.2) is 4.79 Å². The molecule has 0 spiro atoms. The van der Waals surface area contributed by atoms with Crippen LogP contribution < -0.4 is 5.32 Å². The van der Waals surface area contributed by atoms with Crippen molar-refractivity contribution in [2.45, 2.75) is 13.8 Å². The van der Waals surface area contributed by atoms with E-state index in [9.17, 15) is 14.7 Å². The van der Waals surface area contributed by atoms with Crippen molar-refractivity contribution >= 4 is 29.2 Å². The monoisotopic (exact) mass is 333 g/mol. The quantitative estimate of drug-likeness (QED) is 0.840. The number of para-hydroxylation sites is 1. The molecular formula is C17H16ClNO4. The first-order valence-electron chi connectivity index (χ1n) is 6.90. The van der Waals surface area contributed by atoms with E-state index in [4.69, 9.17) is 16.3 Å². The molecule has 0 aliphatic heterocycles. The summed E-state index contributed by atoms with van der Waals surface area (Å²) in [5.74, 6) is -1.41. The Morgan fingerprint density at radius 1 is 1.17 bits per heavy atom. The Bertz CT molecular complexity index is 758. The highest BCUT2D eigenvalue weighted by atomic mass is 35.5. The molecule has 1 amide bonds. The van der Waals surface area contributed by atoms with E-state index in [-0.39, 0.29) is 11.3 Å². The number of hydrogen-bond acceptors (Lipinski definition) is 4. The molecule has 23 heavy (non-hydrogen) atoms. The minimum Gasteiger partial charge on any atom is -0.507 e. The number of halogens is 1. The SMILES string of the molecule is Cc1ccc(NC(=O)COC(=O)c2cccc(C)c2O)cc1Cl. The molecule has 2 rings (SSSR count). The first-order chi connectivity index (χ1) is 10.9. The van der Waals surface area contributed by atoms with Crippen LogP contribution in [-0.2, 0) is 9.53 Å². The van der Waals surface area contributed by atoms with E-state index in [0.717, 1.165) is 5.56 Å². The summed E-state index contributed by atoms with van der Waals surface area (Å²) in [4.78, 5) is 23.7. The van der Waals surface area contributed by atoms with Gasteiger partial charge in [-0.15, -0.1) is 0 Å². The summed E-state index contributed by atoms with van der Waals surface area (Å²) in [6.45, 7) is 3.06. The number of aromatic hydroxyl groups is 1. The van der Waals surface area contributed by atoms with Crippen molar-refractivity contribution in [1.29, 1.82) is 0 Å².